The van der Waals surface area contributed by atoms with Gasteiger partial charge in [0.25, 0.3) is 0 Å². The van der Waals surface area contributed by atoms with E-state index >= 15 is 0 Å². The van der Waals surface area contributed by atoms with Crippen LogP contribution >= 0.6 is 24.0 Å². The molecular weight excluding hydrogens is 365 g/mol. The molecule has 1 heterocycles. The van der Waals surface area contributed by atoms with Gasteiger partial charge < -0.3 is 15.5 Å². The van der Waals surface area contributed by atoms with Crippen molar-refractivity contribution in [2.45, 2.75) is 33.4 Å². The Kier molecular flexibility index (Phi) is 9.28. The molecule has 0 aliphatic carbocycles. The summed E-state index contributed by atoms with van der Waals surface area (Å²) in [5.74, 6) is 1.80. The van der Waals surface area contributed by atoms with Crippen LogP contribution in [-0.2, 0) is 6.54 Å². The second kappa shape index (κ2) is 9.79. The van der Waals surface area contributed by atoms with E-state index in [9.17, 15) is 0 Å². The van der Waals surface area contributed by atoms with Crippen LogP contribution in [0.1, 0.15) is 26.3 Å². The smallest absolute Gasteiger partial charge is 0.191 e. The molecule has 20 heavy (non-hydrogen) atoms. The Morgan fingerprint density at radius 3 is 2.65 bits per heavy atom. The summed E-state index contributed by atoms with van der Waals surface area (Å²) in [4.78, 5) is 11.0. The van der Waals surface area contributed by atoms with E-state index in [0.29, 0.717) is 12.6 Å². The highest BCUT2D eigenvalue weighted by atomic mass is 127. The van der Waals surface area contributed by atoms with Crippen LogP contribution in [-0.4, -0.2) is 37.6 Å². The van der Waals surface area contributed by atoms with E-state index in [1.807, 2.05) is 25.1 Å². The molecule has 114 valence electrons. The fourth-order valence-corrected chi connectivity index (χ4v) is 1.71. The molecule has 0 bridgehead atoms. The molecule has 2 N–H and O–H groups in total. The van der Waals surface area contributed by atoms with Gasteiger partial charge in [-0.25, -0.2) is 9.98 Å². The molecule has 6 heteroatoms. The van der Waals surface area contributed by atoms with E-state index in [2.05, 4.69) is 47.4 Å². The number of hydrogen-bond acceptors (Lipinski definition) is 3. The van der Waals surface area contributed by atoms with E-state index in [1.165, 1.54) is 0 Å². The zero-order valence-electron chi connectivity index (χ0n) is 13.0. The minimum absolute atomic E-state index is 0. The molecule has 0 aromatic carbocycles. The Labute approximate surface area is 139 Å². The van der Waals surface area contributed by atoms with Gasteiger partial charge in [-0.15, -0.1) is 24.0 Å². The molecule has 0 unspecified atom stereocenters. The number of aromatic nitrogens is 1. The minimum Gasteiger partial charge on any atom is -0.362 e. The van der Waals surface area contributed by atoms with Gasteiger partial charge in [-0.2, -0.15) is 0 Å². The van der Waals surface area contributed by atoms with E-state index in [1.54, 1.807) is 6.20 Å². The minimum atomic E-state index is 0. The second-order valence-electron chi connectivity index (χ2n) is 4.87. The van der Waals surface area contributed by atoms with Crippen molar-refractivity contribution in [2.75, 3.05) is 25.5 Å². The fraction of sp³-hybridized carbons (Fsp3) is 0.571. The topological polar surface area (TPSA) is 52.6 Å². The maximum Gasteiger partial charge on any atom is 0.191 e. The average molecular weight is 391 g/mol. The lowest BCUT2D eigenvalue weighted by atomic mass is 10.2. The second-order valence-corrected chi connectivity index (χ2v) is 4.87. The summed E-state index contributed by atoms with van der Waals surface area (Å²) in [6.45, 7) is 7.73. The molecular formula is C14H26IN5. The highest BCUT2D eigenvalue weighted by molar-refractivity contribution is 14.0. The van der Waals surface area contributed by atoms with Crippen LogP contribution in [0.3, 0.4) is 0 Å². The van der Waals surface area contributed by atoms with E-state index in [4.69, 9.17) is 0 Å². The molecule has 0 aliphatic heterocycles. The predicted molar refractivity (Wildman–Crippen MR) is 97.1 cm³/mol. The first-order valence-corrected chi connectivity index (χ1v) is 6.70. The molecule has 0 saturated heterocycles. The van der Waals surface area contributed by atoms with E-state index < -0.39 is 0 Å². The lowest BCUT2D eigenvalue weighted by Crippen LogP contribution is -2.41. The molecule has 5 nitrogen and oxygen atoms in total. The molecule has 0 spiro atoms. The average Bonchev–Trinajstić information content (AvgIpc) is 2.36. The van der Waals surface area contributed by atoms with Crippen molar-refractivity contribution in [3.8, 4) is 0 Å². The number of rotatable bonds is 5. The number of anilines is 1. The molecule has 1 aromatic rings. The number of hydrogen-bond donors (Lipinski definition) is 2. The van der Waals surface area contributed by atoms with Gasteiger partial charge in [0.15, 0.2) is 5.96 Å². The summed E-state index contributed by atoms with van der Waals surface area (Å²) in [5, 5.41) is 6.54. The Balaban J connectivity index is 0.00000361. The van der Waals surface area contributed by atoms with Crippen molar-refractivity contribution >= 4 is 35.8 Å². The largest absolute Gasteiger partial charge is 0.362 e. The van der Waals surface area contributed by atoms with Gasteiger partial charge in [-0.3, -0.25) is 0 Å². The summed E-state index contributed by atoms with van der Waals surface area (Å²) < 4.78 is 0. The van der Waals surface area contributed by atoms with E-state index in [0.717, 1.165) is 23.9 Å². The van der Waals surface area contributed by atoms with Gasteiger partial charge in [0, 0.05) is 38.4 Å². The lowest BCUT2D eigenvalue weighted by molar-refractivity contribution is 0.700. The third kappa shape index (κ3) is 6.40. The van der Waals surface area contributed by atoms with Crippen molar-refractivity contribution in [3.63, 3.8) is 0 Å². The predicted octanol–water partition coefficient (Wildman–Crippen LogP) is 2.23. The molecule has 1 aromatic heterocycles. The first-order chi connectivity index (χ1) is 9.04. The highest BCUT2D eigenvalue weighted by Crippen LogP contribution is 2.15. The Morgan fingerprint density at radius 2 is 2.10 bits per heavy atom. The number of guanidine groups is 1. The summed E-state index contributed by atoms with van der Waals surface area (Å²) in [6, 6.07) is 4.37. The quantitative estimate of drug-likeness (QED) is 0.459. The number of aliphatic imine (C=N–C) groups is 1. The number of nitrogens with zero attached hydrogens (tertiary/aromatic N) is 3. The highest BCUT2D eigenvalue weighted by Gasteiger charge is 2.05. The molecule has 0 saturated carbocycles. The Morgan fingerprint density at radius 1 is 1.40 bits per heavy atom. The van der Waals surface area contributed by atoms with Crippen LogP contribution in [0, 0.1) is 0 Å². The molecule has 0 aliphatic rings. The normalized spacial score (nSPS) is 11.0. The third-order valence-corrected chi connectivity index (χ3v) is 2.47. The monoisotopic (exact) mass is 391 g/mol. The van der Waals surface area contributed by atoms with Gasteiger partial charge >= 0.3 is 0 Å². The van der Waals surface area contributed by atoms with Crippen molar-refractivity contribution < 1.29 is 0 Å². The zero-order valence-corrected chi connectivity index (χ0v) is 15.3. The van der Waals surface area contributed by atoms with Gasteiger partial charge in [0.05, 0.1) is 6.54 Å². The van der Waals surface area contributed by atoms with Crippen LogP contribution in [0.25, 0.3) is 0 Å². The van der Waals surface area contributed by atoms with Gasteiger partial charge in [0.2, 0.25) is 0 Å². The molecule has 0 amide bonds. The van der Waals surface area contributed by atoms with Gasteiger partial charge in [-0.1, -0.05) is 6.07 Å². The third-order valence-electron chi connectivity index (χ3n) is 2.47. The summed E-state index contributed by atoms with van der Waals surface area (Å²) in [7, 11) is 3.99. The first-order valence-electron chi connectivity index (χ1n) is 6.70. The van der Waals surface area contributed by atoms with Gasteiger partial charge in [0.1, 0.15) is 5.82 Å². The molecule has 0 fully saturated rings. The van der Waals surface area contributed by atoms with Crippen LogP contribution in [0.5, 0.6) is 0 Å². The van der Waals surface area contributed by atoms with Crippen molar-refractivity contribution in [1.29, 1.82) is 0 Å². The zero-order chi connectivity index (χ0) is 14.3. The number of halogens is 1. The SMILES string of the molecule is CCNC(=NCc1cccnc1N(C)C)NC(C)C.I. The van der Waals surface area contributed by atoms with Crippen LogP contribution in [0.4, 0.5) is 5.82 Å². The lowest BCUT2D eigenvalue weighted by Gasteiger charge is -2.16. The van der Waals surface area contributed by atoms with Crippen molar-refractivity contribution in [2.24, 2.45) is 4.99 Å². The number of pyridine rings is 1. The molecule has 1 rings (SSSR count). The first kappa shape index (κ1) is 18.9. The summed E-state index contributed by atoms with van der Waals surface area (Å²) >= 11 is 0. The maximum atomic E-state index is 4.59. The van der Waals surface area contributed by atoms with E-state index in [-0.39, 0.29) is 24.0 Å². The number of nitrogens with one attached hydrogen (secondary N) is 2. The van der Waals surface area contributed by atoms with Crippen LogP contribution in [0.2, 0.25) is 0 Å². The maximum absolute atomic E-state index is 4.59. The van der Waals surface area contributed by atoms with Crippen molar-refractivity contribution in [3.05, 3.63) is 23.9 Å². The van der Waals surface area contributed by atoms with Crippen LogP contribution < -0.4 is 15.5 Å². The Bertz CT molecular complexity index is 418. The van der Waals surface area contributed by atoms with Crippen molar-refractivity contribution in [1.82, 2.24) is 15.6 Å². The molecule has 0 radical (unpaired) electrons. The standard InChI is InChI=1S/C14H25N5.HI/c1-6-15-14(18-11(2)3)17-10-12-8-7-9-16-13(12)19(4)5;/h7-9,11H,6,10H2,1-5H3,(H2,15,17,18);1H. The summed E-state index contributed by atoms with van der Waals surface area (Å²) in [5.41, 5.74) is 1.12. The Hall–Kier alpha value is -1.05. The van der Waals surface area contributed by atoms with Gasteiger partial charge in [-0.05, 0) is 26.8 Å². The fourth-order valence-electron chi connectivity index (χ4n) is 1.71. The van der Waals surface area contributed by atoms with Crippen LogP contribution in [0.15, 0.2) is 23.3 Å². The molecule has 0 atom stereocenters. The summed E-state index contributed by atoms with van der Waals surface area (Å²) in [6.07, 6.45) is 1.81.